The van der Waals surface area contributed by atoms with Crippen molar-refractivity contribution < 1.29 is 13.5 Å². The van der Waals surface area contributed by atoms with Crippen molar-refractivity contribution in [1.82, 2.24) is 0 Å². The largest absolute Gasteiger partial charge is 0.494 e. The molecular weight excluding hydrogens is 390 g/mol. The number of hydrogen-bond acceptors (Lipinski definition) is 1. The van der Waals surface area contributed by atoms with Crippen LogP contribution in [0.3, 0.4) is 0 Å². The van der Waals surface area contributed by atoms with E-state index in [0.29, 0.717) is 24.3 Å². The molecule has 0 aromatic heterocycles. The third kappa shape index (κ3) is 5.29. The second-order valence-electron chi connectivity index (χ2n) is 7.34. The Bertz CT molecular complexity index is 1260. The van der Waals surface area contributed by atoms with Crippen LogP contribution in [0.2, 0.25) is 0 Å². The summed E-state index contributed by atoms with van der Waals surface area (Å²) in [6.45, 7) is 2.40. The molecule has 0 unspecified atom stereocenters. The van der Waals surface area contributed by atoms with Crippen LogP contribution in [0.15, 0.2) is 78.9 Å². The molecular formula is C28H22F2O. The zero-order valence-electron chi connectivity index (χ0n) is 17.3. The molecule has 0 aliphatic carbocycles. The van der Waals surface area contributed by atoms with E-state index in [1.165, 1.54) is 18.2 Å². The molecule has 0 bridgehead atoms. The fourth-order valence-electron chi connectivity index (χ4n) is 3.46. The zero-order valence-corrected chi connectivity index (χ0v) is 17.3. The van der Waals surface area contributed by atoms with E-state index in [2.05, 4.69) is 11.8 Å². The topological polar surface area (TPSA) is 9.23 Å². The van der Waals surface area contributed by atoms with Crippen LogP contribution in [-0.2, 0) is 12.8 Å². The first-order valence-corrected chi connectivity index (χ1v) is 10.3. The van der Waals surface area contributed by atoms with E-state index < -0.39 is 0 Å². The summed E-state index contributed by atoms with van der Waals surface area (Å²) in [6.07, 6.45) is 1.38. The molecule has 1 nitrogen and oxygen atoms in total. The van der Waals surface area contributed by atoms with E-state index in [1.54, 1.807) is 12.1 Å². The molecule has 4 rings (SSSR count). The second kappa shape index (κ2) is 9.45. The maximum absolute atomic E-state index is 14.2. The van der Waals surface area contributed by atoms with Crippen molar-refractivity contribution in [3.8, 4) is 17.6 Å². The molecule has 0 radical (unpaired) electrons. The van der Waals surface area contributed by atoms with E-state index in [0.717, 1.165) is 33.9 Å². The monoisotopic (exact) mass is 412 g/mol. The average Bonchev–Trinajstić information content (AvgIpc) is 2.78. The number of hydrogen-bond donors (Lipinski definition) is 0. The van der Waals surface area contributed by atoms with E-state index in [9.17, 15) is 8.78 Å². The summed E-state index contributed by atoms with van der Waals surface area (Å²) in [7, 11) is 0. The lowest BCUT2D eigenvalue weighted by molar-refractivity contribution is 0.338. The lowest BCUT2D eigenvalue weighted by Gasteiger charge is -2.07. The van der Waals surface area contributed by atoms with Crippen LogP contribution in [0.25, 0.3) is 10.8 Å². The van der Waals surface area contributed by atoms with Gasteiger partial charge in [0, 0.05) is 17.2 Å². The molecule has 154 valence electrons. The Morgan fingerprint density at radius 1 is 0.710 bits per heavy atom. The minimum absolute atomic E-state index is 0.230. The van der Waals surface area contributed by atoms with Crippen molar-refractivity contribution in [2.45, 2.75) is 19.8 Å². The number of fused-ring (bicyclic) bond motifs is 1. The van der Waals surface area contributed by atoms with E-state index >= 15 is 0 Å². The van der Waals surface area contributed by atoms with E-state index in [4.69, 9.17) is 4.74 Å². The van der Waals surface area contributed by atoms with Gasteiger partial charge in [-0.25, -0.2) is 8.78 Å². The van der Waals surface area contributed by atoms with Gasteiger partial charge in [-0.2, -0.15) is 0 Å². The number of aryl methyl sites for hydroxylation is 2. The van der Waals surface area contributed by atoms with Crippen molar-refractivity contribution in [2.24, 2.45) is 0 Å². The summed E-state index contributed by atoms with van der Waals surface area (Å²) in [4.78, 5) is 0. The SMILES string of the molecule is CCOc1ccc(CCc2ccc(C#Cc3ccc4cc(F)ccc4c3)cc2)c(F)c1. The highest BCUT2D eigenvalue weighted by molar-refractivity contribution is 5.83. The summed E-state index contributed by atoms with van der Waals surface area (Å²) in [6, 6.07) is 23.5. The van der Waals surface area contributed by atoms with Crippen LogP contribution in [0.5, 0.6) is 5.75 Å². The minimum atomic E-state index is -0.239. The molecule has 3 heteroatoms. The lowest BCUT2D eigenvalue weighted by Crippen LogP contribution is -1.97. The summed E-state index contributed by atoms with van der Waals surface area (Å²) in [5.41, 5.74) is 3.61. The molecule has 0 atom stereocenters. The Labute approximate surface area is 181 Å². The number of ether oxygens (including phenoxy) is 1. The standard InChI is InChI=1S/C28H22F2O/c1-2-31-27-16-14-23(28(30)19-27)11-9-21-5-3-20(4-6-21)7-8-22-10-12-25-18-26(29)15-13-24(25)17-22/h3-6,10,12-19H,2,9,11H2,1H3. The summed E-state index contributed by atoms with van der Waals surface area (Å²) < 4.78 is 32.8. The Kier molecular flexibility index (Phi) is 6.29. The Morgan fingerprint density at radius 2 is 1.42 bits per heavy atom. The van der Waals surface area contributed by atoms with Gasteiger partial charge in [-0.05, 0) is 84.1 Å². The first kappa shape index (κ1) is 20.6. The van der Waals surface area contributed by atoms with Gasteiger partial charge in [0.05, 0.1) is 6.61 Å². The Hall–Kier alpha value is -3.64. The van der Waals surface area contributed by atoms with E-state index in [1.807, 2.05) is 55.5 Å². The quantitative estimate of drug-likeness (QED) is 0.331. The fourth-order valence-corrected chi connectivity index (χ4v) is 3.46. The molecule has 0 aliphatic rings. The molecule has 4 aromatic carbocycles. The lowest BCUT2D eigenvalue weighted by atomic mass is 10.0. The van der Waals surface area contributed by atoms with Crippen molar-refractivity contribution in [3.63, 3.8) is 0 Å². The molecule has 0 saturated carbocycles. The van der Waals surface area contributed by atoms with Gasteiger partial charge in [-0.3, -0.25) is 0 Å². The first-order valence-electron chi connectivity index (χ1n) is 10.3. The molecule has 0 N–H and O–H groups in total. The normalized spacial score (nSPS) is 10.5. The Morgan fingerprint density at radius 3 is 2.19 bits per heavy atom. The molecule has 0 saturated heterocycles. The molecule has 0 amide bonds. The molecule has 0 heterocycles. The molecule has 4 aromatic rings. The number of rotatable bonds is 5. The van der Waals surface area contributed by atoms with Gasteiger partial charge in [-0.15, -0.1) is 0 Å². The maximum atomic E-state index is 14.2. The van der Waals surface area contributed by atoms with Gasteiger partial charge in [0.1, 0.15) is 17.4 Å². The maximum Gasteiger partial charge on any atom is 0.130 e. The second-order valence-corrected chi connectivity index (χ2v) is 7.34. The van der Waals surface area contributed by atoms with Crippen LogP contribution < -0.4 is 4.74 Å². The summed E-state index contributed by atoms with van der Waals surface area (Å²) in [5.74, 6) is 6.42. The molecule has 0 spiro atoms. The fraction of sp³-hybridized carbons (Fsp3) is 0.143. The van der Waals surface area contributed by atoms with Crippen LogP contribution in [0.1, 0.15) is 29.2 Å². The highest BCUT2D eigenvalue weighted by Gasteiger charge is 2.05. The van der Waals surface area contributed by atoms with Gasteiger partial charge in [0.15, 0.2) is 0 Å². The third-order valence-corrected chi connectivity index (χ3v) is 5.13. The predicted molar refractivity (Wildman–Crippen MR) is 121 cm³/mol. The van der Waals surface area contributed by atoms with E-state index in [-0.39, 0.29) is 11.6 Å². The molecule has 0 fully saturated rings. The minimum Gasteiger partial charge on any atom is -0.494 e. The van der Waals surface area contributed by atoms with Crippen molar-refractivity contribution in [1.29, 1.82) is 0 Å². The zero-order chi connectivity index (χ0) is 21.6. The predicted octanol–water partition coefficient (Wildman–Crippen LogP) is 6.70. The van der Waals surface area contributed by atoms with Crippen molar-refractivity contribution >= 4 is 10.8 Å². The van der Waals surface area contributed by atoms with Crippen LogP contribution in [-0.4, -0.2) is 6.61 Å². The van der Waals surface area contributed by atoms with Gasteiger partial charge in [0.25, 0.3) is 0 Å². The molecule has 0 aliphatic heterocycles. The van der Waals surface area contributed by atoms with Gasteiger partial charge in [-0.1, -0.05) is 42.2 Å². The number of benzene rings is 4. The van der Waals surface area contributed by atoms with Crippen LogP contribution >= 0.6 is 0 Å². The number of halogens is 2. The highest BCUT2D eigenvalue weighted by Crippen LogP contribution is 2.19. The van der Waals surface area contributed by atoms with Crippen molar-refractivity contribution in [3.05, 3.63) is 113 Å². The van der Waals surface area contributed by atoms with Crippen LogP contribution in [0, 0.1) is 23.5 Å². The smallest absolute Gasteiger partial charge is 0.130 e. The molecule has 31 heavy (non-hydrogen) atoms. The summed E-state index contributed by atoms with van der Waals surface area (Å²) >= 11 is 0. The first-order chi connectivity index (χ1) is 15.1. The van der Waals surface area contributed by atoms with Gasteiger partial charge < -0.3 is 4.74 Å². The van der Waals surface area contributed by atoms with Gasteiger partial charge >= 0.3 is 0 Å². The third-order valence-electron chi connectivity index (χ3n) is 5.13. The van der Waals surface area contributed by atoms with Crippen LogP contribution in [0.4, 0.5) is 8.78 Å². The summed E-state index contributed by atoms with van der Waals surface area (Å²) in [5, 5.41) is 1.82. The van der Waals surface area contributed by atoms with Gasteiger partial charge in [0.2, 0.25) is 0 Å². The highest BCUT2D eigenvalue weighted by atomic mass is 19.1. The van der Waals surface area contributed by atoms with Crippen molar-refractivity contribution in [2.75, 3.05) is 6.61 Å². The average molecular weight is 412 g/mol. The Balaban J connectivity index is 1.40.